The second-order valence-corrected chi connectivity index (χ2v) is 7.99. The first-order valence-corrected chi connectivity index (χ1v) is 9.03. The molecule has 0 aromatic carbocycles. The van der Waals surface area contributed by atoms with Crippen molar-refractivity contribution in [3.05, 3.63) is 0 Å². The highest BCUT2D eigenvalue weighted by Crippen LogP contribution is 2.36. The van der Waals surface area contributed by atoms with E-state index in [2.05, 4.69) is 26.1 Å². The SMILES string of the molecule is CCC1CCCCC1OCC(O)CNC1CCC(C)(C)C1. The van der Waals surface area contributed by atoms with Crippen molar-refractivity contribution in [1.29, 1.82) is 0 Å². The van der Waals surface area contributed by atoms with Gasteiger partial charge < -0.3 is 15.2 Å². The average molecular weight is 297 g/mol. The fourth-order valence-corrected chi connectivity index (χ4v) is 4.07. The molecule has 0 heterocycles. The highest BCUT2D eigenvalue weighted by Gasteiger charge is 2.31. The normalized spacial score (nSPS) is 34.0. The number of ether oxygens (including phenoxy) is 1. The molecule has 0 aliphatic heterocycles. The second kappa shape index (κ2) is 7.94. The van der Waals surface area contributed by atoms with Crippen LogP contribution in [0, 0.1) is 11.3 Å². The standard InChI is InChI=1S/C18H35NO2/c1-4-14-7-5-6-8-17(14)21-13-16(20)12-19-15-9-10-18(2,3)11-15/h14-17,19-20H,4-13H2,1-3H3. The number of aliphatic hydroxyl groups excluding tert-OH is 1. The zero-order chi connectivity index (χ0) is 15.3. The molecule has 0 amide bonds. The zero-order valence-electron chi connectivity index (χ0n) is 14.2. The lowest BCUT2D eigenvalue weighted by atomic mass is 9.85. The molecule has 0 radical (unpaired) electrons. The highest BCUT2D eigenvalue weighted by molar-refractivity contribution is 4.86. The Morgan fingerprint density at radius 3 is 2.67 bits per heavy atom. The van der Waals surface area contributed by atoms with Gasteiger partial charge in [0.25, 0.3) is 0 Å². The first-order chi connectivity index (χ1) is 10.00. The summed E-state index contributed by atoms with van der Waals surface area (Å²) in [7, 11) is 0. The molecule has 4 atom stereocenters. The summed E-state index contributed by atoms with van der Waals surface area (Å²) < 4.78 is 6.01. The van der Waals surface area contributed by atoms with Crippen molar-refractivity contribution in [2.75, 3.05) is 13.2 Å². The van der Waals surface area contributed by atoms with Gasteiger partial charge in [-0.3, -0.25) is 0 Å². The van der Waals surface area contributed by atoms with Gasteiger partial charge in [0.2, 0.25) is 0 Å². The zero-order valence-corrected chi connectivity index (χ0v) is 14.2. The molecule has 0 bridgehead atoms. The predicted molar refractivity (Wildman–Crippen MR) is 87.4 cm³/mol. The Balaban J connectivity index is 1.62. The van der Waals surface area contributed by atoms with Crippen LogP contribution in [0.4, 0.5) is 0 Å². The first-order valence-electron chi connectivity index (χ1n) is 9.03. The van der Waals surface area contributed by atoms with Gasteiger partial charge in [-0.25, -0.2) is 0 Å². The molecule has 0 aromatic heterocycles. The molecule has 4 unspecified atom stereocenters. The molecule has 0 aromatic rings. The summed E-state index contributed by atoms with van der Waals surface area (Å²) in [4.78, 5) is 0. The van der Waals surface area contributed by atoms with E-state index >= 15 is 0 Å². The van der Waals surface area contributed by atoms with Crippen LogP contribution in [-0.4, -0.2) is 36.5 Å². The van der Waals surface area contributed by atoms with Crippen LogP contribution in [-0.2, 0) is 4.74 Å². The molecule has 3 heteroatoms. The summed E-state index contributed by atoms with van der Waals surface area (Å²) in [5.41, 5.74) is 0.468. The third kappa shape index (κ3) is 5.54. The topological polar surface area (TPSA) is 41.5 Å². The molecular formula is C18H35NO2. The lowest BCUT2D eigenvalue weighted by Crippen LogP contribution is -2.38. The molecular weight excluding hydrogens is 262 g/mol. The molecule has 0 saturated heterocycles. The molecule has 124 valence electrons. The van der Waals surface area contributed by atoms with Crippen LogP contribution in [0.1, 0.15) is 72.1 Å². The van der Waals surface area contributed by atoms with E-state index in [1.807, 2.05) is 0 Å². The number of nitrogens with one attached hydrogen (secondary N) is 1. The van der Waals surface area contributed by atoms with Crippen molar-refractivity contribution in [2.45, 2.75) is 90.4 Å². The maximum absolute atomic E-state index is 10.1. The van der Waals surface area contributed by atoms with Gasteiger partial charge in [-0.05, 0) is 43.4 Å². The largest absolute Gasteiger partial charge is 0.389 e. The van der Waals surface area contributed by atoms with Crippen LogP contribution < -0.4 is 5.32 Å². The number of hydrogen-bond donors (Lipinski definition) is 2. The maximum atomic E-state index is 10.1. The Morgan fingerprint density at radius 1 is 1.24 bits per heavy atom. The van der Waals surface area contributed by atoms with Crippen molar-refractivity contribution in [1.82, 2.24) is 5.32 Å². The van der Waals surface area contributed by atoms with Crippen LogP contribution in [0.2, 0.25) is 0 Å². The fourth-order valence-electron chi connectivity index (χ4n) is 4.07. The average Bonchev–Trinajstić information content (AvgIpc) is 2.82. The van der Waals surface area contributed by atoms with Crippen LogP contribution in [0.3, 0.4) is 0 Å². The molecule has 0 spiro atoms. The van der Waals surface area contributed by atoms with E-state index in [0.717, 1.165) is 0 Å². The van der Waals surface area contributed by atoms with E-state index in [9.17, 15) is 5.11 Å². The van der Waals surface area contributed by atoms with Crippen molar-refractivity contribution < 1.29 is 9.84 Å². The van der Waals surface area contributed by atoms with Gasteiger partial charge in [-0.15, -0.1) is 0 Å². The number of hydrogen-bond acceptors (Lipinski definition) is 3. The Kier molecular flexibility index (Phi) is 6.51. The molecule has 2 rings (SSSR count). The van der Waals surface area contributed by atoms with E-state index in [0.29, 0.717) is 36.6 Å². The van der Waals surface area contributed by atoms with Crippen LogP contribution in [0.25, 0.3) is 0 Å². The quantitative estimate of drug-likeness (QED) is 0.755. The summed E-state index contributed by atoms with van der Waals surface area (Å²) in [5.74, 6) is 0.703. The first kappa shape index (κ1) is 17.2. The predicted octanol–water partition coefficient (Wildman–Crippen LogP) is 3.50. The minimum absolute atomic E-state index is 0.367. The lowest BCUT2D eigenvalue weighted by molar-refractivity contribution is -0.0503. The van der Waals surface area contributed by atoms with Gasteiger partial charge in [0.05, 0.1) is 18.8 Å². The molecule has 3 nitrogen and oxygen atoms in total. The Bertz CT molecular complexity index is 306. The third-order valence-corrected chi connectivity index (χ3v) is 5.48. The minimum atomic E-state index is -0.367. The summed E-state index contributed by atoms with van der Waals surface area (Å²) in [5, 5.41) is 13.7. The van der Waals surface area contributed by atoms with Crippen LogP contribution in [0.15, 0.2) is 0 Å². The minimum Gasteiger partial charge on any atom is -0.389 e. The van der Waals surface area contributed by atoms with Gasteiger partial charge in [0.15, 0.2) is 0 Å². The van der Waals surface area contributed by atoms with Crippen LogP contribution in [0.5, 0.6) is 0 Å². The van der Waals surface area contributed by atoms with E-state index in [-0.39, 0.29) is 6.10 Å². The fraction of sp³-hybridized carbons (Fsp3) is 1.00. The Hall–Kier alpha value is -0.120. The van der Waals surface area contributed by atoms with Gasteiger partial charge >= 0.3 is 0 Å². The molecule has 2 fully saturated rings. The van der Waals surface area contributed by atoms with E-state index in [1.165, 1.54) is 51.4 Å². The monoisotopic (exact) mass is 297 g/mol. The van der Waals surface area contributed by atoms with Gasteiger partial charge in [0, 0.05) is 12.6 Å². The smallest absolute Gasteiger partial charge is 0.0897 e. The van der Waals surface area contributed by atoms with Crippen molar-refractivity contribution >= 4 is 0 Å². The second-order valence-electron chi connectivity index (χ2n) is 7.99. The third-order valence-electron chi connectivity index (χ3n) is 5.48. The summed E-state index contributed by atoms with van der Waals surface area (Å²) in [6.07, 6.45) is 10.1. The van der Waals surface area contributed by atoms with Gasteiger partial charge in [0.1, 0.15) is 0 Å². The number of rotatable bonds is 7. The Morgan fingerprint density at radius 2 is 2.00 bits per heavy atom. The van der Waals surface area contributed by atoms with E-state index < -0.39 is 0 Å². The summed E-state index contributed by atoms with van der Waals surface area (Å²) >= 11 is 0. The van der Waals surface area contributed by atoms with Gasteiger partial charge in [-0.1, -0.05) is 40.0 Å². The van der Waals surface area contributed by atoms with Crippen molar-refractivity contribution in [3.63, 3.8) is 0 Å². The van der Waals surface area contributed by atoms with E-state index in [4.69, 9.17) is 4.74 Å². The Labute approximate surface area is 130 Å². The van der Waals surface area contributed by atoms with Crippen molar-refractivity contribution in [2.24, 2.45) is 11.3 Å². The van der Waals surface area contributed by atoms with Crippen molar-refractivity contribution in [3.8, 4) is 0 Å². The van der Waals surface area contributed by atoms with Gasteiger partial charge in [-0.2, -0.15) is 0 Å². The molecule has 2 aliphatic carbocycles. The maximum Gasteiger partial charge on any atom is 0.0897 e. The molecule has 21 heavy (non-hydrogen) atoms. The molecule has 2 aliphatic rings. The molecule has 2 saturated carbocycles. The van der Waals surface area contributed by atoms with Crippen LogP contribution >= 0.6 is 0 Å². The lowest BCUT2D eigenvalue weighted by Gasteiger charge is -2.31. The summed E-state index contributed by atoms with van der Waals surface area (Å²) in [6, 6.07) is 0.577. The van der Waals surface area contributed by atoms with E-state index in [1.54, 1.807) is 0 Å². The molecule has 2 N–H and O–H groups in total. The summed E-state index contributed by atoms with van der Waals surface area (Å²) in [6.45, 7) is 8.09. The number of aliphatic hydroxyl groups is 1. The highest BCUT2D eigenvalue weighted by atomic mass is 16.5.